The molecule has 1 N–H and O–H groups in total. The standard InChI is InChI=1S/C11H18O/c1-5-9(3)7-8-11(12)10(4)6-2/h5-8,11-12H,1-4H3/b8-7+,9-5-,10-6+. The predicted octanol–water partition coefficient (Wildman–Crippen LogP) is 2.84. The summed E-state index contributed by atoms with van der Waals surface area (Å²) in [5, 5.41) is 9.48. The van der Waals surface area contributed by atoms with Gasteiger partial charge in [0.2, 0.25) is 0 Å². The first-order valence-corrected chi connectivity index (χ1v) is 4.23. The Labute approximate surface area is 75.1 Å². The van der Waals surface area contributed by atoms with Crippen molar-refractivity contribution in [2.75, 3.05) is 0 Å². The normalized spacial score (nSPS) is 17.1. The minimum absolute atomic E-state index is 0.440. The number of aliphatic hydroxyl groups is 1. The molecule has 0 aromatic rings. The van der Waals surface area contributed by atoms with E-state index in [1.807, 2.05) is 45.9 Å². The molecule has 0 bridgehead atoms. The minimum Gasteiger partial charge on any atom is -0.385 e. The third-order valence-electron chi connectivity index (χ3n) is 1.92. The molecule has 68 valence electrons. The molecule has 0 fully saturated rings. The Balaban J connectivity index is 4.18. The highest BCUT2D eigenvalue weighted by Crippen LogP contribution is 2.04. The van der Waals surface area contributed by atoms with Gasteiger partial charge in [-0.2, -0.15) is 0 Å². The molecule has 1 heteroatoms. The monoisotopic (exact) mass is 166 g/mol. The number of hydrogen-bond acceptors (Lipinski definition) is 1. The van der Waals surface area contributed by atoms with E-state index in [1.54, 1.807) is 6.08 Å². The van der Waals surface area contributed by atoms with Crippen molar-refractivity contribution in [3.63, 3.8) is 0 Å². The van der Waals surface area contributed by atoms with Gasteiger partial charge in [0.05, 0.1) is 6.10 Å². The summed E-state index contributed by atoms with van der Waals surface area (Å²) < 4.78 is 0. The predicted molar refractivity (Wildman–Crippen MR) is 54.0 cm³/mol. The van der Waals surface area contributed by atoms with Crippen molar-refractivity contribution >= 4 is 0 Å². The highest BCUT2D eigenvalue weighted by Gasteiger charge is 1.98. The highest BCUT2D eigenvalue weighted by atomic mass is 16.3. The molecule has 0 rings (SSSR count). The Morgan fingerprint density at radius 2 is 1.75 bits per heavy atom. The molecule has 1 nitrogen and oxygen atoms in total. The maximum atomic E-state index is 9.48. The van der Waals surface area contributed by atoms with Gasteiger partial charge in [-0.05, 0) is 33.3 Å². The van der Waals surface area contributed by atoms with Gasteiger partial charge >= 0.3 is 0 Å². The summed E-state index contributed by atoms with van der Waals surface area (Å²) >= 11 is 0. The van der Waals surface area contributed by atoms with Gasteiger partial charge in [-0.3, -0.25) is 0 Å². The molecule has 0 heterocycles. The summed E-state index contributed by atoms with van der Waals surface area (Å²) in [7, 11) is 0. The maximum absolute atomic E-state index is 9.48. The average molecular weight is 166 g/mol. The molecule has 0 saturated carbocycles. The van der Waals surface area contributed by atoms with Gasteiger partial charge in [-0.1, -0.05) is 29.9 Å². The number of allylic oxidation sites excluding steroid dienone is 4. The van der Waals surface area contributed by atoms with Gasteiger partial charge in [-0.15, -0.1) is 0 Å². The summed E-state index contributed by atoms with van der Waals surface area (Å²) in [6, 6.07) is 0. The van der Waals surface area contributed by atoms with Gasteiger partial charge in [0.1, 0.15) is 0 Å². The van der Waals surface area contributed by atoms with Crippen LogP contribution in [-0.2, 0) is 0 Å². The molecule has 0 saturated heterocycles. The molecule has 0 aliphatic heterocycles. The first kappa shape index (κ1) is 11.2. The molecular formula is C11H18O. The van der Waals surface area contributed by atoms with Crippen LogP contribution < -0.4 is 0 Å². The van der Waals surface area contributed by atoms with Gasteiger partial charge in [-0.25, -0.2) is 0 Å². The van der Waals surface area contributed by atoms with Crippen molar-refractivity contribution < 1.29 is 5.11 Å². The molecule has 0 aliphatic rings. The van der Waals surface area contributed by atoms with E-state index >= 15 is 0 Å². The smallest absolute Gasteiger partial charge is 0.0932 e. The molecule has 1 atom stereocenters. The van der Waals surface area contributed by atoms with Crippen LogP contribution in [0.1, 0.15) is 27.7 Å². The lowest BCUT2D eigenvalue weighted by Crippen LogP contribution is -2.02. The second-order valence-corrected chi connectivity index (χ2v) is 2.87. The van der Waals surface area contributed by atoms with Crippen molar-refractivity contribution in [1.29, 1.82) is 0 Å². The second kappa shape index (κ2) is 5.78. The van der Waals surface area contributed by atoms with Crippen LogP contribution in [0.25, 0.3) is 0 Å². The summed E-state index contributed by atoms with van der Waals surface area (Å²) in [5.41, 5.74) is 2.15. The average Bonchev–Trinajstić information content (AvgIpc) is 2.11. The number of rotatable bonds is 3. The van der Waals surface area contributed by atoms with Gasteiger partial charge in [0.25, 0.3) is 0 Å². The zero-order valence-electron chi connectivity index (χ0n) is 8.33. The van der Waals surface area contributed by atoms with Crippen molar-refractivity contribution in [2.24, 2.45) is 0 Å². The van der Waals surface area contributed by atoms with Gasteiger partial charge < -0.3 is 5.11 Å². The van der Waals surface area contributed by atoms with E-state index in [0.717, 1.165) is 11.1 Å². The molecule has 0 spiro atoms. The minimum atomic E-state index is -0.440. The summed E-state index contributed by atoms with van der Waals surface area (Å²) in [5.74, 6) is 0. The quantitative estimate of drug-likeness (QED) is 0.505. The van der Waals surface area contributed by atoms with Gasteiger partial charge in [0.15, 0.2) is 0 Å². The first-order valence-electron chi connectivity index (χ1n) is 4.23. The topological polar surface area (TPSA) is 20.2 Å². The van der Waals surface area contributed by atoms with Crippen LogP contribution in [0, 0.1) is 0 Å². The van der Waals surface area contributed by atoms with Crippen LogP contribution in [-0.4, -0.2) is 11.2 Å². The van der Waals surface area contributed by atoms with Crippen LogP contribution in [0.15, 0.2) is 35.5 Å². The molecule has 0 aliphatic carbocycles. The second-order valence-electron chi connectivity index (χ2n) is 2.87. The van der Waals surface area contributed by atoms with E-state index in [0.29, 0.717) is 0 Å². The third-order valence-corrected chi connectivity index (χ3v) is 1.92. The van der Waals surface area contributed by atoms with Gasteiger partial charge in [0, 0.05) is 0 Å². The Morgan fingerprint density at radius 3 is 2.17 bits per heavy atom. The molecule has 0 amide bonds. The molecule has 0 aromatic heterocycles. The van der Waals surface area contributed by atoms with Crippen LogP contribution in [0.5, 0.6) is 0 Å². The first-order chi connectivity index (χ1) is 5.61. The maximum Gasteiger partial charge on any atom is 0.0932 e. The van der Waals surface area contributed by atoms with Crippen molar-refractivity contribution in [2.45, 2.75) is 33.8 Å². The number of hydrogen-bond donors (Lipinski definition) is 1. The lowest BCUT2D eigenvalue weighted by Gasteiger charge is -2.04. The summed E-state index contributed by atoms with van der Waals surface area (Å²) in [6.07, 6.45) is 7.21. The number of aliphatic hydroxyl groups excluding tert-OH is 1. The fourth-order valence-electron chi connectivity index (χ4n) is 0.662. The van der Waals surface area contributed by atoms with Crippen molar-refractivity contribution in [1.82, 2.24) is 0 Å². The van der Waals surface area contributed by atoms with E-state index in [4.69, 9.17) is 0 Å². The Bertz CT molecular complexity index is 209. The largest absolute Gasteiger partial charge is 0.385 e. The van der Waals surface area contributed by atoms with Crippen LogP contribution >= 0.6 is 0 Å². The zero-order chi connectivity index (χ0) is 9.56. The Morgan fingerprint density at radius 1 is 1.17 bits per heavy atom. The summed E-state index contributed by atoms with van der Waals surface area (Å²) in [6.45, 7) is 7.83. The molecule has 12 heavy (non-hydrogen) atoms. The van der Waals surface area contributed by atoms with E-state index in [2.05, 4.69) is 0 Å². The SMILES string of the molecule is C/C=C(C)\C=C\C(O)/C(C)=C/C. The lowest BCUT2D eigenvalue weighted by atomic mass is 10.1. The van der Waals surface area contributed by atoms with E-state index < -0.39 is 6.10 Å². The van der Waals surface area contributed by atoms with Crippen LogP contribution in [0.4, 0.5) is 0 Å². The Kier molecular flexibility index (Phi) is 5.39. The molecule has 0 aromatic carbocycles. The van der Waals surface area contributed by atoms with Crippen LogP contribution in [0.2, 0.25) is 0 Å². The molecule has 0 radical (unpaired) electrons. The van der Waals surface area contributed by atoms with Crippen molar-refractivity contribution in [3.8, 4) is 0 Å². The van der Waals surface area contributed by atoms with E-state index in [1.165, 1.54) is 0 Å². The Hall–Kier alpha value is -0.820. The van der Waals surface area contributed by atoms with E-state index in [-0.39, 0.29) is 0 Å². The highest BCUT2D eigenvalue weighted by molar-refractivity contribution is 5.20. The van der Waals surface area contributed by atoms with Crippen molar-refractivity contribution in [3.05, 3.63) is 35.5 Å². The fraction of sp³-hybridized carbons (Fsp3) is 0.455. The van der Waals surface area contributed by atoms with Crippen LogP contribution in [0.3, 0.4) is 0 Å². The fourth-order valence-corrected chi connectivity index (χ4v) is 0.662. The van der Waals surface area contributed by atoms with E-state index in [9.17, 15) is 5.11 Å². The molecular weight excluding hydrogens is 148 g/mol. The summed E-state index contributed by atoms with van der Waals surface area (Å²) in [4.78, 5) is 0. The third kappa shape index (κ3) is 4.14. The lowest BCUT2D eigenvalue weighted by molar-refractivity contribution is 0.259. The molecule has 1 unspecified atom stereocenters. The zero-order valence-corrected chi connectivity index (χ0v) is 8.33.